The van der Waals surface area contributed by atoms with Crippen LogP contribution in [-0.2, 0) is 14.6 Å². The first-order valence-corrected chi connectivity index (χ1v) is 8.00. The third-order valence-corrected chi connectivity index (χ3v) is 4.39. The van der Waals surface area contributed by atoms with Gasteiger partial charge in [0.2, 0.25) is 0 Å². The van der Waals surface area contributed by atoms with Crippen LogP contribution >= 0.6 is 0 Å². The van der Waals surface area contributed by atoms with Crippen molar-refractivity contribution < 1.29 is 17.9 Å². The van der Waals surface area contributed by atoms with E-state index in [1.807, 2.05) is 0 Å². The average Bonchev–Trinajstić information content (AvgIpc) is 2.45. The number of methoxy groups -OCH3 is 1. The Balaban J connectivity index is 2.26. The monoisotopic (exact) mass is 300 g/mol. The Kier molecular flexibility index (Phi) is 7.03. The van der Waals surface area contributed by atoms with Crippen LogP contribution in [0.25, 0.3) is 0 Å². The second-order valence-electron chi connectivity index (χ2n) is 4.16. The SMILES string of the molecule is COCCNC(=O)NCCCS(=O)(=O)c1ccccc1. The van der Waals surface area contributed by atoms with Crippen molar-refractivity contribution in [3.05, 3.63) is 30.3 Å². The van der Waals surface area contributed by atoms with Crippen molar-refractivity contribution in [2.75, 3.05) is 32.6 Å². The van der Waals surface area contributed by atoms with Crippen molar-refractivity contribution in [2.24, 2.45) is 0 Å². The van der Waals surface area contributed by atoms with Crippen molar-refractivity contribution >= 4 is 15.9 Å². The maximum absolute atomic E-state index is 11.9. The summed E-state index contributed by atoms with van der Waals surface area (Å²) < 4.78 is 28.7. The Morgan fingerprint density at radius 3 is 2.45 bits per heavy atom. The van der Waals surface area contributed by atoms with Crippen molar-refractivity contribution in [3.8, 4) is 0 Å². The van der Waals surface area contributed by atoms with Gasteiger partial charge in [-0.25, -0.2) is 13.2 Å². The highest BCUT2D eigenvalue weighted by atomic mass is 32.2. The van der Waals surface area contributed by atoms with Crippen LogP contribution in [0.2, 0.25) is 0 Å². The zero-order valence-electron chi connectivity index (χ0n) is 11.5. The number of ether oxygens (including phenoxy) is 1. The summed E-state index contributed by atoms with van der Waals surface area (Å²) in [6, 6.07) is 7.97. The molecule has 0 aliphatic carbocycles. The van der Waals surface area contributed by atoms with E-state index in [1.165, 1.54) is 0 Å². The molecule has 0 atom stereocenters. The minimum absolute atomic E-state index is 0.00929. The number of amides is 2. The van der Waals surface area contributed by atoms with Gasteiger partial charge < -0.3 is 15.4 Å². The van der Waals surface area contributed by atoms with Crippen molar-refractivity contribution in [1.29, 1.82) is 0 Å². The molecule has 0 fully saturated rings. The summed E-state index contributed by atoms with van der Waals surface area (Å²) in [5.74, 6) is 0.00929. The van der Waals surface area contributed by atoms with Crippen LogP contribution in [0, 0.1) is 0 Å². The highest BCUT2D eigenvalue weighted by molar-refractivity contribution is 7.91. The van der Waals surface area contributed by atoms with E-state index in [1.54, 1.807) is 37.4 Å². The predicted octanol–water partition coefficient (Wildman–Crippen LogP) is 0.796. The highest BCUT2D eigenvalue weighted by Gasteiger charge is 2.13. The molecule has 0 saturated heterocycles. The second-order valence-corrected chi connectivity index (χ2v) is 6.27. The molecule has 0 aliphatic rings. The number of hydrogen-bond donors (Lipinski definition) is 2. The van der Waals surface area contributed by atoms with Gasteiger partial charge in [0.1, 0.15) is 0 Å². The normalized spacial score (nSPS) is 11.1. The van der Waals surface area contributed by atoms with Gasteiger partial charge in [0.05, 0.1) is 17.3 Å². The first-order chi connectivity index (χ1) is 9.56. The van der Waals surface area contributed by atoms with Crippen LogP contribution in [0.5, 0.6) is 0 Å². The van der Waals surface area contributed by atoms with Crippen LogP contribution < -0.4 is 10.6 Å². The zero-order chi connectivity index (χ0) is 14.8. The largest absolute Gasteiger partial charge is 0.383 e. The average molecular weight is 300 g/mol. The Labute approximate surface area is 119 Å². The van der Waals surface area contributed by atoms with Crippen LogP contribution in [0.1, 0.15) is 6.42 Å². The molecule has 2 N–H and O–H groups in total. The topological polar surface area (TPSA) is 84.5 Å². The summed E-state index contributed by atoms with van der Waals surface area (Å²) in [5.41, 5.74) is 0. The lowest BCUT2D eigenvalue weighted by Crippen LogP contribution is -2.38. The molecule has 6 nitrogen and oxygen atoms in total. The first-order valence-electron chi connectivity index (χ1n) is 6.34. The maximum Gasteiger partial charge on any atom is 0.314 e. The van der Waals surface area contributed by atoms with Gasteiger partial charge in [0.15, 0.2) is 9.84 Å². The molecule has 112 valence electrons. The second kappa shape index (κ2) is 8.55. The zero-order valence-corrected chi connectivity index (χ0v) is 12.3. The fraction of sp³-hybridized carbons (Fsp3) is 0.462. The van der Waals surface area contributed by atoms with E-state index in [2.05, 4.69) is 10.6 Å². The van der Waals surface area contributed by atoms with Crippen molar-refractivity contribution in [3.63, 3.8) is 0 Å². The van der Waals surface area contributed by atoms with E-state index < -0.39 is 9.84 Å². The Hall–Kier alpha value is -1.60. The van der Waals surface area contributed by atoms with Crippen LogP contribution in [0.3, 0.4) is 0 Å². The van der Waals surface area contributed by atoms with E-state index in [0.717, 1.165) is 0 Å². The van der Waals surface area contributed by atoms with Crippen LogP contribution in [-0.4, -0.2) is 47.0 Å². The van der Waals surface area contributed by atoms with Crippen molar-refractivity contribution in [2.45, 2.75) is 11.3 Å². The minimum Gasteiger partial charge on any atom is -0.383 e. The van der Waals surface area contributed by atoms with Gasteiger partial charge in [-0.2, -0.15) is 0 Å². The van der Waals surface area contributed by atoms with Gasteiger partial charge in [-0.05, 0) is 18.6 Å². The molecular weight excluding hydrogens is 280 g/mol. The summed E-state index contributed by atoms with van der Waals surface area (Å²) in [6.45, 7) is 1.17. The van der Waals surface area contributed by atoms with Crippen LogP contribution in [0.4, 0.5) is 4.79 Å². The lowest BCUT2D eigenvalue weighted by Gasteiger charge is -2.07. The van der Waals surface area contributed by atoms with Crippen molar-refractivity contribution in [1.82, 2.24) is 10.6 Å². The number of urea groups is 1. The molecule has 1 rings (SSSR count). The fourth-order valence-electron chi connectivity index (χ4n) is 1.54. The fourth-order valence-corrected chi connectivity index (χ4v) is 2.87. The number of benzene rings is 1. The van der Waals surface area contributed by atoms with Gasteiger partial charge in [0, 0.05) is 20.2 Å². The quantitative estimate of drug-likeness (QED) is 0.695. The molecule has 20 heavy (non-hydrogen) atoms. The summed E-state index contributed by atoms with van der Waals surface area (Å²) in [7, 11) is -1.72. The van der Waals surface area contributed by atoms with E-state index in [0.29, 0.717) is 31.0 Å². The molecule has 0 radical (unpaired) electrons. The highest BCUT2D eigenvalue weighted by Crippen LogP contribution is 2.10. The molecule has 0 aliphatic heterocycles. The molecule has 2 amide bonds. The smallest absolute Gasteiger partial charge is 0.314 e. The molecule has 0 spiro atoms. The summed E-state index contributed by atoms with van der Waals surface area (Å²) in [4.78, 5) is 11.6. The molecule has 0 aromatic heterocycles. The maximum atomic E-state index is 11.9. The number of hydrogen-bond acceptors (Lipinski definition) is 4. The van der Waals surface area contributed by atoms with Crippen LogP contribution in [0.15, 0.2) is 35.2 Å². The van der Waals surface area contributed by atoms with Gasteiger partial charge in [0.25, 0.3) is 0 Å². The summed E-state index contributed by atoms with van der Waals surface area (Å²) in [6.07, 6.45) is 0.370. The summed E-state index contributed by atoms with van der Waals surface area (Å²) in [5, 5.41) is 5.18. The number of carbonyl (C=O) groups is 1. The Morgan fingerprint density at radius 1 is 1.15 bits per heavy atom. The predicted molar refractivity (Wildman–Crippen MR) is 76.4 cm³/mol. The third-order valence-electron chi connectivity index (χ3n) is 2.57. The lowest BCUT2D eigenvalue weighted by molar-refractivity contribution is 0.196. The molecule has 1 aromatic rings. The number of sulfone groups is 1. The number of nitrogens with one attached hydrogen (secondary N) is 2. The first kappa shape index (κ1) is 16.5. The lowest BCUT2D eigenvalue weighted by atomic mass is 10.4. The molecule has 0 unspecified atom stereocenters. The van der Waals surface area contributed by atoms with E-state index in [4.69, 9.17) is 4.74 Å². The molecular formula is C13H20N2O4S. The third kappa shape index (κ3) is 6.03. The number of carbonyl (C=O) groups excluding carboxylic acids is 1. The van der Waals surface area contributed by atoms with Gasteiger partial charge in [-0.15, -0.1) is 0 Å². The molecule has 0 bridgehead atoms. The number of rotatable bonds is 8. The van der Waals surface area contributed by atoms with Gasteiger partial charge >= 0.3 is 6.03 Å². The Bertz CT molecular complexity index is 502. The van der Waals surface area contributed by atoms with E-state index in [9.17, 15) is 13.2 Å². The standard InChI is InChI=1S/C13H20N2O4S/c1-19-10-9-15-13(16)14-8-5-11-20(17,18)12-6-3-2-4-7-12/h2-4,6-7H,5,8-11H2,1H3,(H2,14,15,16). The molecule has 0 heterocycles. The molecule has 0 saturated carbocycles. The van der Waals surface area contributed by atoms with Gasteiger partial charge in [-0.3, -0.25) is 0 Å². The minimum atomic E-state index is -3.27. The van der Waals surface area contributed by atoms with E-state index >= 15 is 0 Å². The molecule has 7 heteroatoms. The van der Waals surface area contributed by atoms with Gasteiger partial charge in [-0.1, -0.05) is 18.2 Å². The van der Waals surface area contributed by atoms with E-state index in [-0.39, 0.29) is 11.8 Å². The summed E-state index contributed by atoms with van der Waals surface area (Å²) >= 11 is 0. The molecule has 1 aromatic carbocycles. The Morgan fingerprint density at radius 2 is 1.80 bits per heavy atom.